The molecule has 0 spiro atoms. The molecule has 0 radical (unpaired) electrons. The Balaban J connectivity index is 2.00. The Kier molecular flexibility index (Phi) is 6.23. The summed E-state index contributed by atoms with van der Waals surface area (Å²) in [6.45, 7) is 7.99. The molecule has 1 fully saturated rings. The van der Waals surface area contributed by atoms with Gasteiger partial charge in [0.05, 0.1) is 0 Å². The lowest BCUT2D eigenvalue weighted by molar-refractivity contribution is 0.223. The maximum absolute atomic E-state index is 4.46. The van der Waals surface area contributed by atoms with Crippen molar-refractivity contribution in [2.45, 2.75) is 52.0 Å². The second kappa shape index (κ2) is 8.17. The molecule has 1 saturated heterocycles. The van der Waals surface area contributed by atoms with Crippen LogP contribution >= 0.6 is 0 Å². The number of anilines is 2. The van der Waals surface area contributed by atoms with Crippen LogP contribution in [0, 0.1) is 0 Å². The Hall–Kier alpha value is -1.36. The fourth-order valence-corrected chi connectivity index (χ4v) is 3.05. The normalized spacial score (nSPS) is 17.5. The third kappa shape index (κ3) is 4.56. The minimum absolute atomic E-state index is 0.401. The summed E-state index contributed by atoms with van der Waals surface area (Å²) in [5, 5.41) is 6.76. The van der Waals surface area contributed by atoms with Crippen molar-refractivity contribution in [2.75, 3.05) is 37.3 Å². The van der Waals surface area contributed by atoms with Crippen molar-refractivity contribution >= 4 is 11.6 Å². The van der Waals surface area contributed by atoms with Crippen LogP contribution in [0.3, 0.4) is 0 Å². The predicted octanol–water partition coefficient (Wildman–Crippen LogP) is 2.76. The van der Waals surface area contributed by atoms with Crippen molar-refractivity contribution in [1.82, 2.24) is 14.9 Å². The van der Waals surface area contributed by atoms with Gasteiger partial charge in [-0.3, -0.25) is 0 Å². The summed E-state index contributed by atoms with van der Waals surface area (Å²) in [6.07, 6.45) is 7.79. The molecule has 0 amide bonds. The zero-order valence-electron chi connectivity index (χ0n) is 13.7. The van der Waals surface area contributed by atoms with Crippen molar-refractivity contribution in [2.24, 2.45) is 0 Å². The molecule has 0 saturated carbocycles. The summed E-state index contributed by atoms with van der Waals surface area (Å²) >= 11 is 0. The molecule has 1 aromatic rings. The molecule has 2 N–H and O–H groups in total. The third-order valence-electron chi connectivity index (χ3n) is 4.05. The Labute approximate surface area is 128 Å². The molecule has 1 aliphatic heterocycles. The maximum Gasteiger partial charge on any atom is 0.134 e. The zero-order chi connectivity index (χ0) is 15.1. The van der Waals surface area contributed by atoms with Gasteiger partial charge >= 0.3 is 0 Å². The van der Waals surface area contributed by atoms with Crippen molar-refractivity contribution in [3.63, 3.8) is 0 Å². The fourth-order valence-electron chi connectivity index (χ4n) is 3.05. The van der Waals surface area contributed by atoms with Gasteiger partial charge in [0.2, 0.25) is 0 Å². The van der Waals surface area contributed by atoms with Crippen LogP contribution in [-0.4, -0.2) is 47.6 Å². The second-order valence-electron chi connectivity index (χ2n) is 5.96. The summed E-state index contributed by atoms with van der Waals surface area (Å²) < 4.78 is 0. The highest BCUT2D eigenvalue weighted by atomic mass is 15.2. The van der Waals surface area contributed by atoms with Crippen LogP contribution in [0.25, 0.3) is 0 Å². The molecule has 1 aromatic heterocycles. The number of aromatic nitrogens is 2. The molecule has 1 unspecified atom stereocenters. The van der Waals surface area contributed by atoms with E-state index in [1.807, 2.05) is 7.05 Å². The van der Waals surface area contributed by atoms with Crippen LogP contribution in [0.15, 0.2) is 6.33 Å². The topological polar surface area (TPSA) is 53.1 Å². The molecule has 2 heterocycles. The number of hydrogen-bond donors (Lipinski definition) is 2. The summed E-state index contributed by atoms with van der Waals surface area (Å²) in [5.74, 6) is 1.93. The number of likely N-dealkylation sites (tertiary alicyclic amines) is 1. The Morgan fingerprint density at radius 1 is 1.19 bits per heavy atom. The van der Waals surface area contributed by atoms with E-state index < -0.39 is 0 Å². The van der Waals surface area contributed by atoms with E-state index in [2.05, 4.69) is 39.3 Å². The van der Waals surface area contributed by atoms with E-state index in [1.165, 1.54) is 37.9 Å². The first kappa shape index (κ1) is 16.0. The molecular formula is C16H29N5. The van der Waals surface area contributed by atoms with E-state index >= 15 is 0 Å². The van der Waals surface area contributed by atoms with E-state index in [0.717, 1.165) is 31.0 Å². The van der Waals surface area contributed by atoms with Gasteiger partial charge < -0.3 is 15.5 Å². The Bertz CT molecular complexity index is 429. The van der Waals surface area contributed by atoms with Gasteiger partial charge in [0.1, 0.15) is 18.0 Å². The van der Waals surface area contributed by atoms with E-state index in [4.69, 9.17) is 0 Å². The van der Waals surface area contributed by atoms with Gasteiger partial charge in [-0.25, -0.2) is 9.97 Å². The molecule has 0 aliphatic carbocycles. The van der Waals surface area contributed by atoms with Crippen LogP contribution in [-0.2, 0) is 6.42 Å². The summed E-state index contributed by atoms with van der Waals surface area (Å²) in [4.78, 5) is 11.3. The van der Waals surface area contributed by atoms with Crippen LogP contribution in [0.4, 0.5) is 11.6 Å². The van der Waals surface area contributed by atoms with Gasteiger partial charge in [0, 0.05) is 25.2 Å². The summed E-state index contributed by atoms with van der Waals surface area (Å²) in [6, 6.07) is 0.401. The lowest BCUT2D eigenvalue weighted by Crippen LogP contribution is -2.38. The molecule has 0 aromatic carbocycles. The average molecular weight is 291 g/mol. The molecule has 118 valence electrons. The smallest absolute Gasteiger partial charge is 0.134 e. The number of nitrogens with one attached hydrogen (secondary N) is 2. The van der Waals surface area contributed by atoms with Crippen LogP contribution in [0.2, 0.25) is 0 Å². The van der Waals surface area contributed by atoms with E-state index in [-0.39, 0.29) is 0 Å². The first-order valence-electron chi connectivity index (χ1n) is 8.25. The number of hydrogen-bond acceptors (Lipinski definition) is 5. The van der Waals surface area contributed by atoms with Gasteiger partial charge in [-0.2, -0.15) is 0 Å². The van der Waals surface area contributed by atoms with Crippen LogP contribution in [0.1, 0.15) is 45.1 Å². The molecule has 5 heteroatoms. The van der Waals surface area contributed by atoms with Gasteiger partial charge in [-0.15, -0.1) is 0 Å². The zero-order valence-corrected chi connectivity index (χ0v) is 13.7. The summed E-state index contributed by atoms with van der Waals surface area (Å²) in [7, 11) is 1.92. The molecule has 1 atom stereocenters. The highest BCUT2D eigenvalue weighted by Gasteiger charge is 2.16. The minimum atomic E-state index is 0.401. The Morgan fingerprint density at radius 3 is 2.57 bits per heavy atom. The van der Waals surface area contributed by atoms with E-state index in [1.54, 1.807) is 6.33 Å². The van der Waals surface area contributed by atoms with Crippen LogP contribution < -0.4 is 10.6 Å². The van der Waals surface area contributed by atoms with Crippen LogP contribution in [0.5, 0.6) is 0 Å². The Morgan fingerprint density at radius 2 is 1.90 bits per heavy atom. The maximum atomic E-state index is 4.46. The lowest BCUT2D eigenvalue weighted by Gasteiger charge is -2.30. The molecule has 2 rings (SSSR count). The standard InChI is InChI=1S/C16H29N5/c1-4-8-14-15(17-3)18-12-19-16(14)20-13(2)11-21-9-6-5-7-10-21/h12-13H,4-11H2,1-3H3,(H2,17,18,19,20). The highest BCUT2D eigenvalue weighted by molar-refractivity contribution is 5.57. The lowest BCUT2D eigenvalue weighted by atomic mass is 10.1. The second-order valence-corrected chi connectivity index (χ2v) is 5.96. The SMILES string of the molecule is CCCc1c(NC)ncnc1NC(C)CN1CCCCC1. The number of nitrogens with zero attached hydrogens (tertiary/aromatic N) is 3. The molecule has 0 bridgehead atoms. The fraction of sp³-hybridized carbons (Fsp3) is 0.750. The molecule has 21 heavy (non-hydrogen) atoms. The first-order chi connectivity index (χ1) is 10.2. The number of piperidine rings is 1. The van der Waals surface area contributed by atoms with Crippen molar-refractivity contribution < 1.29 is 0 Å². The minimum Gasteiger partial charge on any atom is -0.373 e. The van der Waals surface area contributed by atoms with E-state index in [9.17, 15) is 0 Å². The largest absolute Gasteiger partial charge is 0.373 e. The number of rotatable bonds is 7. The van der Waals surface area contributed by atoms with Gasteiger partial charge in [0.25, 0.3) is 0 Å². The van der Waals surface area contributed by atoms with Gasteiger partial charge in [-0.05, 0) is 39.3 Å². The van der Waals surface area contributed by atoms with Crippen molar-refractivity contribution in [3.8, 4) is 0 Å². The summed E-state index contributed by atoms with van der Waals surface area (Å²) in [5.41, 5.74) is 1.20. The van der Waals surface area contributed by atoms with Gasteiger partial charge in [-0.1, -0.05) is 19.8 Å². The average Bonchev–Trinajstić information content (AvgIpc) is 2.50. The molecule has 5 nitrogen and oxygen atoms in total. The monoisotopic (exact) mass is 291 g/mol. The third-order valence-corrected chi connectivity index (χ3v) is 4.05. The van der Waals surface area contributed by atoms with Crippen molar-refractivity contribution in [3.05, 3.63) is 11.9 Å². The van der Waals surface area contributed by atoms with Gasteiger partial charge in [0.15, 0.2) is 0 Å². The predicted molar refractivity (Wildman–Crippen MR) is 88.9 cm³/mol. The first-order valence-corrected chi connectivity index (χ1v) is 8.25. The van der Waals surface area contributed by atoms with Crippen molar-refractivity contribution in [1.29, 1.82) is 0 Å². The quantitative estimate of drug-likeness (QED) is 0.809. The molecular weight excluding hydrogens is 262 g/mol. The molecule has 1 aliphatic rings. The highest BCUT2D eigenvalue weighted by Crippen LogP contribution is 2.22. The van der Waals surface area contributed by atoms with E-state index in [0.29, 0.717) is 6.04 Å².